The molecule has 5 nitrogen and oxygen atoms in total. The molecule has 160 valence electrons. The van der Waals surface area contributed by atoms with Crippen LogP contribution < -0.4 is 5.56 Å². The highest BCUT2D eigenvalue weighted by atomic mass is 35.5. The van der Waals surface area contributed by atoms with E-state index >= 15 is 0 Å². The normalized spacial score (nSPS) is 31.3. The zero-order chi connectivity index (χ0) is 21.2. The van der Waals surface area contributed by atoms with Gasteiger partial charge in [0.1, 0.15) is 17.3 Å². The largest absolute Gasteiger partial charge is 0.457 e. The van der Waals surface area contributed by atoms with Crippen LogP contribution in [-0.2, 0) is 16.1 Å². The maximum atomic E-state index is 13.2. The average Bonchev–Trinajstić information content (AvgIpc) is 3.15. The number of aromatic nitrogens is 2. The third-order valence-electron chi connectivity index (χ3n) is 7.34. The molecule has 7 rings (SSSR count). The van der Waals surface area contributed by atoms with Gasteiger partial charge >= 0.3 is 5.97 Å². The third kappa shape index (κ3) is 3.23. The second-order valence-corrected chi connectivity index (χ2v) is 11.3. The number of alkyl halides is 1. The fraction of sp³-hybridized carbons (Fsp3) is 0.458. The van der Waals surface area contributed by atoms with Gasteiger partial charge in [0, 0.05) is 15.8 Å². The molecule has 4 saturated carbocycles. The monoisotopic (exact) mass is 454 g/mol. The minimum Gasteiger partial charge on any atom is -0.457 e. The second kappa shape index (κ2) is 6.91. The number of esters is 1. The zero-order valence-corrected chi connectivity index (χ0v) is 18.6. The van der Waals surface area contributed by atoms with Crippen molar-refractivity contribution in [3.8, 4) is 11.1 Å². The summed E-state index contributed by atoms with van der Waals surface area (Å²) in [4.78, 5) is 33.8. The number of H-pyrrole nitrogens is 1. The Morgan fingerprint density at radius 3 is 2.65 bits per heavy atom. The first-order valence-corrected chi connectivity index (χ1v) is 12.1. The highest BCUT2D eigenvalue weighted by Gasteiger charge is 2.60. The maximum absolute atomic E-state index is 13.2. The van der Waals surface area contributed by atoms with Crippen LogP contribution in [0.3, 0.4) is 0 Å². The molecule has 4 atom stereocenters. The quantitative estimate of drug-likeness (QED) is 0.430. The summed E-state index contributed by atoms with van der Waals surface area (Å²) in [7, 11) is 0. The maximum Gasteiger partial charge on any atom is 0.312 e. The molecule has 0 amide bonds. The molecule has 0 saturated heterocycles. The van der Waals surface area contributed by atoms with Crippen LogP contribution in [0.2, 0.25) is 0 Å². The lowest BCUT2D eigenvalue weighted by atomic mass is 9.49. The van der Waals surface area contributed by atoms with Crippen molar-refractivity contribution in [3.05, 3.63) is 51.9 Å². The molecule has 31 heavy (non-hydrogen) atoms. The molecule has 2 aromatic heterocycles. The fourth-order valence-electron chi connectivity index (χ4n) is 6.57. The van der Waals surface area contributed by atoms with Gasteiger partial charge in [-0.2, -0.15) is 0 Å². The summed E-state index contributed by atoms with van der Waals surface area (Å²) in [5.41, 5.74) is 1.20. The van der Waals surface area contributed by atoms with Crippen LogP contribution in [0.1, 0.15) is 44.3 Å². The first kappa shape index (κ1) is 19.5. The SMILES string of the molecule is O=C(OCc1nc2scc(-c3ccccc3)c2c(=O)[nH]1)C12C[C@@H]3C[C@@H](CC(Cl)(C3)C1)C2. The Morgan fingerprint density at radius 2 is 1.94 bits per heavy atom. The number of nitrogens with one attached hydrogen (secondary N) is 1. The van der Waals surface area contributed by atoms with Gasteiger partial charge in [0.05, 0.1) is 10.8 Å². The average molecular weight is 455 g/mol. The standard InChI is InChI=1S/C24H23ClN2O3S/c25-24-9-14-6-15(10-24)8-23(7-14,13-24)22(29)30-11-18-26-20(28)19-17(12-31-21(19)27-18)16-4-2-1-3-5-16/h1-5,12,14-15H,6-11,13H2,(H,26,27,28)/t14-,15+,23?,24?. The molecule has 1 aromatic carbocycles. The van der Waals surface area contributed by atoms with Crippen molar-refractivity contribution in [2.75, 3.05) is 0 Å². The fourth-order valence-corrected chi connectivity index (χ4v) is 8.23. The van der Waals surface area contributed by atoms with Crippen LogP contribution >= 0.6 is 22.9 Å². The number of nitrogens with zero attached hydrogens (tertiary/aromatic N) is 1. The number of ether oxygens (including phenoxy) is 1. The molecule has 4 aliphatic carbocycles. The Morgan fingerprint density at radius 1 is 1.19 bits per heavy atom. The number of thiophene rings is 1. The van der Waals surface area contributed by atoms with Crippen molar-refractivity contribution < 1.29 is 9.53 Å². The molecule has 2 heterocycles. The first-order valence-electron chi connectivity index (χ1n) is 10.9. The number of benzene rings is 1. The van der Waals surface area contributed by atoms with Crippen molar-refractivity contribution in [1.29, 1.82) is 0 Å². The highest BCUT2D eigenvalue weighted by Crippen LogP contribution is 2.64. The summed E-state index contributed by atoms with van der Waals surface area (Å²) in [6, 6.07) is 9.80. The topological polar surface area (TPSA) is 72.0 Å². The van der Waals surface area contributed by atoms with E-state index in [4.69, 9.17) is 16.3 Å². The van der Waals surface area contributed by atoms with E-state index in [0.717, 1.165) is 36.8 Å². The summed E-state index contributed by atoms with van der Waals surface area (Å²) >= 11 is 8.28. The molecule has 4 fully saturated rings. The van der Waals surface area contributed by atoms with Gasteiger partial charge in [-0.25, -0.2) is 4.98 Å². The molecule has 0 aliphatic heterocycles. The Bertz CT molecular complexity index is 1220. The van der Waals surface area contributed by atoms with E-state index in [1.54, 1.807) is 0 Å². The van der Waals surface area contributed by atoms with Crippen LogP contribution in [0.4, 0.5) is 0 Å². The van der Waals surface area contributed by atoms with Gasteiger partial charge in [-0.15, -0.1) is 22.9 Å². The van der Waals surface area contributed by atoms with Crippen molar-refractivity contribution in [2.24, 2.45) is 17.3 Å². The summed E-state index contributed by atoms with van der Waals surface area (Å²) in [5.74, 6) is 1.27. The Labute approximate surface area is 188 Å². The first-order chi connectivity index (χ1) is 14.9. The number of hydrogen-bond acceptors (Lipinski definition) is 5. The predicted octanol–water partition coefficient (Wildman–Crippen LogP) is 5.27. The number of hydrogen-bond donors (Lipinski definition) is 1. The zero-order valence-electron chi connectivity index (χ0n) is 17.0. The molecule has 1 N–H and O–H groups in total. The molecule has 0 radical (unpaired) electrons. The Balaban J connectivity index is 1.24. The number of carbonyl (C=O) groups is 1. The molecule has 4 aliphatic rings. The summed E-state index contributed by atoms with van der Waals surface area (Å²) < 4.78 is 5.73. The van der Waals surface area contributed by atoms with Gasteiger partial charge in [-0.3, -0.25) is 9.59 Å². The van der Waals surface area contributed by atoms with Crippen LogP contribution in [0.15, 0.2) is 40.5 Å². The molecule has 7 heteroatoms. The lowest BCUT2D eigenvalue weighted by Crippen LogP contribution is -2.56. The van der Waals surface area contributed by atoms with Crippen molar-refractivity contribution in [1.82, 2.24) is 9.97 Å². The third-order valence-corrected chi connectivity index (χ3v) is 8.65. The van der Waals surface area contributed by atoms with Crippen molar-refractivity contribution in [2.45, 2.75) is 50.0 Å². The van der Waals surface area contributed by atoms with E-state index in [-0.39, 0.29) is 23.0 Å². The minimum absolute atomic E-state index is 0.0189. The minimum atomic E-state index is -0.459. The lowest BCUT2D eigenvalue weighted by molar-refractivity contribution is -0.171. The summed E-state index contributed by atoms with van der Waals surface area (Å²) in [6.45, 7) is -0.0189. The van der Waals surface area contributed by atoms with E-state index in [2.05, 4.69) is 9.97 Å². The predicted molar refractivity (Wildman–Crippen MR) is 121 cm³/mol. The Kier molecular flexibility index (Phi) is 4.35. The van der Waals surface area contributed by atoms with Crippen LogP contribution in [0.25, 0.3) is 21.3 Å². The van der Waals surface area contributed by atoms with E-state index in [1.165, 1.54) is 17.8 Å². The van der Waals surface area contributed by atoms with E-state index in [9.17, 15) is 9.59 Å². The molecule has 4 bridgehead atoms. The van der Waals surface area contributed by atoms with Gasteiger partial charge in [0.2, 0.25) is 0 Å². The highest BCUT2D eigenvalue weighted by molar-refractivity contribution is 7.17. The lowest BCUT2D eigenvalue weighted by Gasteiger charge is -2.58. The number of rotatable bonds is 4. The van der Waals surface area contributed by atoms with Crippen LogP contribution in [0, 0.1) is 17.3 Å². The van der Waals surface area contributed by atoms with Gasteiger partial charge in [-0.1, -0.05) is 30.3 Å². The number of carbonyl (C=O) groups excluding carboxylic acids is 1. The van der Waals surface area contributed by atoms with E-state index in [0.29, 0.717) is 34.3 Å². The molecule has 0 spiro atoms. The van der Waals surface area contributed by atoms with Crippen molar-refractivity contribution >= 4 is 39.1 Å². The van der Waals surface area contributed by atoms with E-state index in [1.807, 2.05) is 35.7 Å². The second-order valence-electron chi connectivity index (χ2n) is 9.68. The number of halogens is 1. The number of fused-ring (bicyclic) bond motifs is 1. The van der Waals surface area contributed by atoms with Gasteiger partial charge in [0.15, 0.2) is 0 Å². The van der Waals surface area contributed by atoms with Crippen molar-refractivity contribution in [3.63, 3.8) is 0 Å². The molecule has 2 unspecified atom stereocenters. The van der Waals surface area contributed by atoms with Gasteiger partial charge in [0.25, 0.3) is 5.56 Å². The Hall–Kier alpha value is -2.18. The summed E-state index contributed by atoms with van der Waals surface area (Å²) in [6.07, 6.45) is 5.71. The summed E-state index contributed by atoms with van der Waals surface area (Å²) in [5, 5.41) is 2.53. The van der Waals surface area contributed by atoms with E-state index < -0.39 is 5.41 Å². The van der Waals surface area contributed by atoms with Gasteiger partial charge in [-0.05, 0) is 55.9 Å². The molecular formula is C24H23ClN2O3S. The molecular weight excluding hydrogens is 432 g/mol. The van der Waals surface area contributed by atoms with Gasteiger partial charge < -0.3 is 9.72 Å². The number of aromatic amines is 1. The van der Waals surface area contributed by atoms with Crippen LogP contribution in [0.5, 0.6) is 0 Å². The van der Waals surface area contributed by atoms with Crippen LogP contribution in [-0.4, -0.2) is 20.8 Å². The smallest absolute Gasteiger partial charge is 0.312 e. The molecule has 3 aromatic rings.